The minimum atomic E-state index is -0.525. The van der Waals surface area contributed by atoms with Crippen molar-refractivity contribution in [1.29, 1.82) is 0 Å². The van der Waals surface area contributed by atoms with Crippen LogP contribution in [0.1, 0.15) is 50.8 Å². The van der Waals surface area contributed by atoms with Gasteiger partial charge in [0.15, 0.2) is 6.04 Å². The number of rotatable bonds is 5. The summed E-state index contributed by atoms with van der Waals surface area (Å²) in [6.45, 7) is 3.64. The molecule has 8 heteroatoms. The Morgan fingerprint density at radius 2 is 2.08 bits per heavy atom. The number of nitrogens with zero attached hydrogens (tertiary/aromatic N) is 4. The van der Waals surface area contributed by atoms with Crippen LogP contribution >= 0.6 is 0 Å². The predicted molar refractivity (Wildman–Crippen MR) is 88.7 cm³/mol. The first-order valence-electron chi connectivity index (χ1n) is 8.63. The first kappa shape index (κ1) is 16.9. The van der Waals surface area contributed by atoms with Gasteiger partial charge in [-0.1, -0.05) is 6.92 Å². The van der Waals surface area contributed by atoms with Gasteiger partial charge in [0.1, 0.15) is 0 Å². The molecule has 0 radical (unpaired) electrons. The highest BCUT2D eigenvalue weighted by atomic mass is 16.6. The Morgan fingerprint density at radius 1 is 1.46 bits per heavy atom. The van der Waals surface area contributed by atoms with Crippen LogP contribution in [0.4, 0.5) is 5.82 Å². The summed E-state index contributed by atoms with van der Waals surface area (Å²) in [7, 11) is 2.17. The average Bonchev–Trinajstić information content (AvgIpc) is 2.98. The zero-order valence-electron chi connectivity index (χ0n) is 14.4. The van der Waals surface area contributed by atoms with Crippen LogP contribution in [0.15, 0.2) is 6.07 Å². The van der Waals surface area contributed by atoms with Crippen molar-refractivity contribution in [3.8, 4) is 0 Å². The van der Waals surface area contributed by atoms with Crippen LogP contribution < -0.4 is 5.32 Å². The van der Waals surface area contributed by atoms with Gasteiger partial charge in [-0.05, 0) is 51.0 Å². The van der Waals surface area contributed by atoms with E-state index in [0.717, 1.165) is 12.8 Å². The number of piperidine rings is 1. The number of aromatic nitrogens is 2. The molecule has 24 heavy (non-hydrogen) atoms. The number of fused-ring (bicyclic) bond motifs is 2. The molecule has 0 saturated carbocycles. The van der Waals surface area contributed by atoms with E-state index in [1.54, 1.807) is 6.92 Å². The number of nitrogens with one attached hydrogen (secondary N) is 1. The molecule has 3 heterocycles. The van der Waals surface area contributed by atoms with Crippen molar-refractivity contribution >= 4 is 11.7 Å². The maximum absolute atomic E-state index is 12.7. The molecule has 3 unspecified atom stereocenters. The number of hydrogen-bond donors (Lipinski definition) is 1. The molecule has 0 aliphatic carbocycles. The van der Waals surface area contributed by atoms with Crippen molar-refractivity contribution in [3.05, 3.63) is 21.9 Å². The summed E-state index contributed by atoms with van der Waals surface area (Å²) < 4.78 is 1.48. The number of carbonyl (C=O) groups is 1. The summed E-state index contributed by atoms with van der Waals surface area (Å²) in [5.74, 6) is -0.302. The van der Waals surface area contributed by atoms with E-state index in [-0.39, 0.29) is 17.8 Å². The van der Waals surface area contributed by atoms with E-state index in [9.17, 15) is 14.9 Å². The fraction of sp³-hybridized carbons (Fsp3) is 0.750. The number of hydrogen-bond acceptors (Lipinski definition) is 5. The molecule has 0 aromatic carbocycles. The minimum Gasteiger partial charge on any atom is -0.358 e. The van der Waals surface area contributed by atoms with Gasteiger partial charge in [0.2, 0.25) is 5.91 Å². The number of amides is 1. The van der Waals surface area contributed by atoms with E-state index < -0.39 is 11.0 Å². The molecule has 8 nitrogen and oxygen atoms in total. The van der Waals surface area contributed by atoms with Gasteiger partial charge in [-0.2, -0.15) is 4.68 Å². The molecule has 1 amide bonds. The lowest BCUT2D eigenvalue weighted by atomic mass is 9.97. The van der Waals surface area contributed by atoms with E-state index in [4.69, 9.17) is 0 Å². The van der Waals surface area contributed by atoms with Crippen LogP contribution in [-0.4, -0.2) is 50.7 Å². The Hall–Kier alpha value is -1.96. The summed E-state index contributed by atoms with van der Waals surface area (Å²) in [5.41, 5.74) is 0.632. The van der Waals surface area contributed by atoms with E-state index in [2.05, 4.69) is 22.4 Å². The minimum absolute atomic E-state index is 0.0902. The van der Waals surface area contributed by atoms with Crippen molar-refractivity contribution < 1.29 is 9.72 Å². The summed E-state index contributed by atoms with van der Waals surface area (Å²) >= 11 is 0. The van der Waals surface area contributed by atoms with Crippen molar-refractivity contribution in [2.45, 2.75) is 70.1 Å². The van der Waals surface area contributed by atoms with E-state index in [1.165, 1.54) is 23.6 Å². The maximum Gasteiger partial charge on any atom is 0.390 e. The summed E-state index contributed by atoms with van der Waals surface area (Å²) in [6, 6.07) is 2.21. The zero-order chi connectivity index (χ0) is 17.4. The third kappa shape index (κ3) is 3.02. The molecule has 2 fully saturated rings. The van der Waals surface area contributed by atoms with Crippen LogP contribution in [0.5, 0.6) is 0 Å². The van der Waals surface area contributed by atoms with Gasteiger partial charge in [-0.25, -0.2) is 0 Å². The molecule has 2 saturated heterocycles. The first-order valence-corrected chi connectivity index (χ1v) is 8.63. The van der Waals surface area contributed by atoms with Gasteiger partial charge < -0.3 is 20.3 Å². The second-order valence-electron chi connectivity index (χ2n) is 7.00. The lowest BCUT2D eigenvalue weighted by molar-refractivity contribution is -0.389. The van der Waals surface area contributed by atoms with Crippen molar-refractivity contribution in [2.24, 2.45) is 0 Å². The second kappa shape index (κ2) is 6.51. The van der Waals surface area contributed by atoms with Gasteiger partial charge in [0, 0.05) is 18.1 Å². The smallest absolute Gasteiger partial charge is 0.358 e. The maximum atomic E-state index is 12.7. The highest BCUT2D eigenvalue weighted by molar-refractivity contribution is 5.80. The fourth-order valence-electron chi connectivity index (χ4n) is 4.17. The molecule has 2 bridgehead atoms. The normalized spacial score (nSPS) is 27.9. The molecular weight excluding hydrogens is 310 g/mol. The van der Waals surface area contributed by atoms with Gasteiger partial charge >= 0.3 is 5.82 Å². The lowest BCUT2D eigenvalue weighted by Crippen LogP contribution is -2.50. The molecule has 1 aromatic rings. The van der Waals surface area contributed by atoms with E-state index in [0.29, 0.717) is 24.2 Å². The molecule has 3 atom stereocenters. The molecule has 2 aliphatic heterocycles. The van der Waals surface area contributed by atoms with Crippen LogP contribution in [0.2, 0.25) is 0 Å². The SMILES string of the molecule is CCC(C(=O)NC1CC2CCC(C1)N2C)n1nc([N+](=O)[O-])cc1C. The monoisotopic (exact) mass is 335 g/mol. The Morgan fingerprint density at radius 3 is 2.58 bits per heavy atom. The quantitative estimate of drug-likeness (QED) is 0.654. The summed E-state index contributed by atoms with van der Waals surface area (Å²) in [6.07, 6.45) is 4.91. The van der Waals surface area contributed by atoms with Gasteiger partial charge in [0.25, 0.3) is 0 Å². The van der Waals surface area contributed by atoms with E-state index in [1.807, 2.05) is 6.92 Å². The first-order chi connectivity index (χ1) is 11.4. The highest BCUT2D eigenvalue weighted by Crippen LogP contribution is 2.34. The van der Waals surface area contributed by atoms with Crippen molar-refractivity contribution in [1.82, 2.24) is 20.0 Å². The molecular formula is C16H25N5O3. The lowest BCUT2D eigenvalue weighted by Gasteiger charge is -2.37. The Kier molecular flexibility index (Phi) is 4.58. The van der Waals surface area contributed by atoms with Gasteiger partial charge in [-0.15, -0.1) is 0 Å². The topological polar surface area (TPSA) is 93.3 Å². The highest BCUT2D eigenvalue weighted by Gasteiger charge is 2.39. The van der Waals surface area contributed by atoms with E-state index >= 15 is 0 Å². The second-order valence-corrected chi connectivity index (χ2v) is 7.00. The van der Waals surface area contributed by atoms with Crippen LogP contribution in [-0.2, 0) is 4.79 Å². The number of carbonyl (C=O) groups excluding carboxylic acids is 1. The number of aryl methyl sites for hydroxylation is 1. The molecule has 1 aromatic heterocycles. The van der Waals surface area contributed by atoms with Gasteiger partial charge in [-0.3, -0.25) is 4.79 Å². The third-order valence-electron chi connectivity index (χ3n) is 5.53. The summed E-state index contributed by atoms with van der Waals surface area (Å²) in [5, 5.41) is 18.1. The molecule has 132 valence electrons. The van der Waals surface area contributed by atoms with Crippen LogP contribution in [0.3, 0.4) is 0 Å². The zero-order valence-corrected chi connectivity index (χ0v) is 14.4. The summed E-state index contributed by atoms with van der Waals surface area (Å²) in [4.78, 5) is 25.5. The standard InChI is InChI=1S/C16H25N5O3/c1-4-14(20-10(2)7-15(18-20)21(23)24)16(22)17-11-8-12-5-6-13(9-11)19(12)3/h7,11-14H,4-6,8-9H2,1-3H3,(H,17,22). The fourth-order valence-corrected chi connectivity index (χ4v) is 4.17. The molecule has 2 aliphatic rings. The molecule has 3 rings (SSSR count). The van der Waals surface area contributed by atoms with Crippen molar-refractivity contribution in [3.63, 3.8) is 0 Å². The molecule has 1 N–H and O–H groups in total. The number of nitro groups is 1. The molecule has 0 spiro atoms. The largest absolute Gasteiger partial charge is 0.390 e. The van der Waals surface area contributed by atoms with Crippen LogP contribution in [0, 0.1) is 17.0 Å². The predicted octanol–water partition coefficient (Wildman–Crippen LogP) is 1.79. The Labute approximate surface area is 141 Å². The van der Waals surface area contributed by atoms with Crippen molar-refractivity contribution in [2.75, 3.05) is 7.05 Å². The Bertz CT molecular complexity index is 630. The Balaban J connectivity index is 1.70. The third-order valence-corrected chi connectivity index (χ3v) is 5.53. The average molecular weight is 335 g/mol. The van der Waals surface area contributed by atoms with Gasteiger partial charge in [0.05, 0.1) is 16.9 Å². The van der Waals surface area contributed by atoms with Crippen LogP contribution in [0.25, 0.3) is 0 Å².